The lowest BCUT2D eigenvalue weighted by Crippen LogP contribution is -2.23. The van der Waals surface area contributed by atoms with Crippen LogP contribution in [0.2, 0.25) is 0 Å². The summed E-state index contributed by atoms with van der Waals surface area (Å²) in [6.45, 7) is 0.663. The molecule has 0 bridgehead atoms. The van der Waals surface area contributed by atoms with E-state index in [2.05, 4.69) is 204 Å². The van der Waals surface area contributed by atoms with Gasteiger partial charge in [-0.1, -0.05) is 101 Å². The third-order valence-electron chi connectivity index (χ3n) is 7.21. The average molecular weight is 1040 g/mol. The van der Waals surface area contributed by atoms with E-state index in [9.17, 15) is 8.42 Å². The van der Waals surface area contributed by atoms with Crippen LogP contribution in [0.3, 0.4) is 0 Å². The molecule has 4 aromatic carbocycles. The van der Waals surface area contributed by atoms with Gasteiger partial charge in [-0.15, -0.1) is 23.5 Å². The zero-order valence-electron chi connectivity index (χ0n) is 33.1. The summed E-state index contributed by atoms with van der Waals surface area (Å²) in [5, 5.41) is 111. The van der Waals surface area contributed by atoms with Gasteiger partial charge >= 0.3 is 0 Å². The summed E-state index contributed by atoms with van der Waals surface area (Å²) in [6, 6.07) is 36.7. The summed E-state index contributed by atoms with van der Waals surface area (Å²) >= 11 is 3.19. The maximum atomic E-state index is 12.5. The van der Waals surface area contributed by atoms with Gasteiger partial charge in [-0.25, -0.2) is 5.26 Å². The first-order valence-electron chi connectivity index (χ1n) is 17.5. The van der Waals surface area contributed by atoms with Gasteiger partial charge in [0.25, 0.3) is 10.1 Å². The minimum atomic E-state index is -4.30. The molecular formula is C31H29NO33S3. The molecule has 1 N–H and O–H groups in total. The molecule has 0 aromatic heterocycles. The van der Waals surface area contributed by atoms with Gasteiger partial charge in [0, 0.05) is 110 Å². The summed E-state index contributed by atoms with van der Waals surface area (Å²) in [4.78, 5) is 2.31. The number of nitrogens with zero attached hydrogens (tertiary/aromatic N) is 1. The minimum Gasteiger partial charge on any atom is -0.336 e. The Morgan fingerprint density at radius 1 is 0.441 bits per heavy atom. The van der Waals surface area contributed by atoms with Crippen molar-refractivity contribution in [3.8, 4) is 0 Å². The van der Waals surface area contributed by atoms with Crippen LogP contribution in [-0.2, 0) is 173 Å². The van der Waals surface area contributed by atoms with Gasteiger partial charge < -0.3 is 4.90 Å². The number of anilines is 2. The first-order chi connectivity index (χ1) is 33.6. The van der Waals surface area contributed by atoms with Crippen LogP contribution in [0.15, 0.2) is 113 Å². The van der Waals surface area contributed by atoms with Crippen LogP contribution >= 0.6 is 23.5 Å². The Bertz CT molecular complexity index is 2030. The topological polar surface area (TPSA) is 335 Å². The molecule has 5 rings (SSSR count). The Balaban J connectivity index is 0.898. The molecule has 1 aliphatic heterocycles. The van der Waals surface area contributed by atoms with Gasteiger partial charge in [-0.3, -0.25) is 0 Å². The molecule has 0 radical (unpaired) electrons. The number of hydrogen-bond acceptors (Lipinski definition) is 36. The Morgan fingerprint density at radius 2 is 0.809 bits per heavy atom. The third-order valence-corrected chi connectivity index (χ3v) is 10.9. The highest BCUT2D eigenvalue weighted by Crippen LogP contribution is 2.51. The molecule has 0 saturated carbocycles. The molecule has 0 atom stereocenters. The van der Waals surface area contributed by atoms with E-state index >= 15 is 0 Å². The van der Waals surface area contributed by atoms with Crippen LogP contribution < -0.4 is 4.90 Å². The number of rotatable bonds is 40. The smallest absolute Gasteiger partial charge is 0.296 e. The summed E-state index contributed by atoms with van der Waals surface area (Å²) in [5.41, 5.74) is 7.53. The van der Waals surface area contributed by atoms with E-state index < -0.39 is 15.9 Å². The minimum absolute atomic E-state index is 0.154. The lowest BCUT2D eigenvalue weighted by Gasteiger charge is -2.35. The van der Waals surface area contributed by atoms with Gasteiger partial charge in [0.1, 0.15) is 0 Å². The van der Waals surface area contributed by atoms with Gasteiger partial charge in [0.2, 0.25) is 0 Å². The quantitative estimate of drug-likeness (QED) is 0.0305. The number of benzene rings is 4. The van der Waals surface area contributed by atoms with E-state index in [0.717, 1.165) is 43.4 Å². The molecule has 1 aliphatic rings. The zero-order chi connectivity index (χ0) is 47.6. The third kappa shape index (κ3) is 21.6. The van der Waals surface area contributed by atoms with E-state index in [1.807, 2.05) is 60.7 Å². The predicted molar refractivity (Wildman–Crippen MR) is 195 cm³/mol. The summed E-state index contributed by atoms with van der Waals surface area (Å²) in [6.07, 6.45) is 0.154. The Kier molecular flexibility index (Phi) is 27.5. The van der Waals surface area contributed by atoms with Crippen LogP contribution in [0.4, 0.5) is 11.4 Å². The second-order valence-electron chi connectivity index (χ2n) is 11.1. The standard InChI is InChI=1S/C31H29NO33S3/c33-36-37-38-39-40-41-42-43-44-45-46-47-48-49-50-51-52-53-54-55-56-57-58-59-60-61-62-63-64-65-68(34,35)21-11-20-66-31(67-23-25-14-5-2-6-15-25)30-26-16-7-9-18-28(26)32(22-24-12-3-1-4-13-24)29-19-10-8-17-27(29)30/h1-10,12-19,33H,11,20-23H2. The number of thioether (sulfide) groups is 2. The maximum Gasteiger partial charge on any atom is 0.296 e. The summed E-state index contributed by atoms with van der Waals surface area (Å²) in [7, 11) is -4.30. The fraction of sp³-hybridized carbons (Fsp3) is 0.161. The summed E-state index contributed by atoms with van der Waals surface area (Å²) < 4.78 is 30.3. The fourth-order valence-corrected chi connectivity index (χ4v) is 8.29. The molecule has 0 aliphatic carbocycles. The average Bonchev–Trinajstić information content (AvgIpc) is 3.36. The second-order valence-corrected chi connectivity index (χ2v) is 15.1. The molecule has 37 heteroatoms. The van der Waals surface area contributed by atoms with E-state index in [1.54, 1.807) is 11.8 Å². The SMILES string of the molecule is O=S(=O)(CCCSC(SCc1ccccc1)=C1c2ccccc2N(Cc2ccccc2)c2ccccc21)OOOOOOOOOOOOOOOOOOOOOOOOOOOOOOO. The number of hydrogen-bond donors (Lipinski definition) is 1. The summed E-state index contributed by atoms with van der Waals surface area (Å²) in [5.74, 6) is 0.601. The molecule has 374 valence electrons. The highest BCUT2D eigenvalue weighted by Gasteiger charge is 2.29. The van der Waals surface area contributed by atoms with Crippen molar-refractivity contribution in [1.82, 2.24) is 0 Å². The first-order valence-corrected chi connectivity index (χ1v) is 21.0. The highest BCUT2D eigenvalue weighted by molar-refractivity contribution is 8.22. The van der Waals surface area contributed by atoms with E-state index in [0.29, 0.717) is 18.1 Å². The van der Waals surface area contributed by atoms with Gasteiger partial charge in [-0.2, -0.15) is 8.42 Å². The Morgan fingerprint density at radius 3 is 1.24 bits per heavy atom. The molecule has 0 saturated heterocycles. The molecule has 4 aromatic rings. The van der Waals surface area contributed by atoms with Crippen LogP contribution in [0.1, 0.15) is 28.7 Å². The van der Waals surface area contributed by atoms with Crippen molar-refractivity contribution >= 4 is 50.6 Å². The van der Waals surface area contributed by atoms with Crippen LogP contribution in [0.25, 0.3) is 5.57 Å². The van der Waals surface area contributed by atoms with Crippen molar-refractivity contribution in [2.45, 2.75) is 18.7 Å². The first kappa shape index (κ1) is 54.8. The normalized spacial score (nSPS) is 12.4. The van der Waals surface area contributed by atoms with Crippen LogP contribution in [0.5, 0.6) is 0 Å². The van der Waals surface area contributed by atoms with Gasteiger partial charge in [-0.05, 0) is 116 Å². The van der Waals surface area contributed by atoms with Crippen molar-refractivity contribution in [3.05, 3.63) is 136 Å². The van der Waals surface area contributed by atoms with Crippen molar-refractivity contribution in [3.63, 3.8) is 0 Å². The molecule has 34 nitrogen and oxygen atoms in total. The molecule has 0 fully saturated rings. The highest BCUT2D eigenvalue weighted by atomic mass is 32.2. The Labute approximate surface area is 384 Å². The van der Waals surface area contributed by atoms with E-state index in [4.69, 9.17) is 5.26 Å². The predicted octanol–water partition coefficient (Wildman–Crippen LogP) is 5.95. The van der Waals surface area contributed by atoms with Gasteiger partial charge in [0.05, 0.1) is 5.75 Å². The lowest BCUT2D eigenvalue weighted by molar-refractivity contribution is -0.905. The second kappa shape index (κ2) is 34.2. The molecule has 1 heterocycles. The molecule has 0 amide bonds. The van der Waals surface area contributed by atoms with Crippen molar-refractivity contribution in [1.29, 1.82) is 0 Å². The zero-order valence-corrected chi connectivity index (χ0v) is 35.6. The molecule has 68 heavy (non-hydrogen) atoms. The van der Waals surface area contributed by atoms with Gasteiger partial charge in [0.15, 0.2) is 0 Å². The maximum absolute atomic E-state index is 12.5. The fourth-order valence-electron chi connectivity index (χ4n) is 4.98. The molecular weight excluding hydrogens is 1010 g/mol. The van der Waals surface area contributed by atoms with Crippen LogP contribution in [-0.4, -0.2) is 25.2 Å². The van der Waals surface area contributed by atoms with Crippen molar-refractivity contribution in [2.24, 2.45) is 0 Å². The molecule has 0 spiro atoms. The molecule has 0 unspecified atom stereocenters. The monoisotopic (exact) mass is 1040 g/mol. The van der Waals surface area contributed by atoms with E-state index in [-0.39, 0.29) is 6.42 Å². The number of fused-ring (bicyclic) bond motifs is 2. The van der Waals surface area contributed by atoms with E-state index in [1.165, 1.54) is 11.8 Å². The van der Waals surface area contributed by atoms with Crippen molar-refractivity contribution < 1.29 is 164 Å². The largest absolute Gasteiger partial charge is 0.336 e. The van der Waals surface area contributed by atoms with Crippen LogP contribution in [0, 0.1) is 0 Å². The lowest BCUT2D eigenvalue weighted by atomic mass is 9.91. The number of para-hydroxylation sites is 2. The van der Waals surface area contributed by atoms with Crippen molar-refractivity contribution in [2.75, 3.05) is 16.4 Å². The Hall–Kier alpha value is -4.17.